The Morgan fingerprint density at radius 2 is 2.18 bits per heavy atom. The van der Waals surface area contributed by atoms with Crippen LogP contribution < -0.4 is 10.1 Å². The van der Waals surface area contributed by atoms with Crippen LogP contribution in [0.3, 0.4) is 0 Å². The Hall–Kier alpha value is -2.65. The van der Waals surface area contributed by atoms with Crippen LogP contribution in [0, 0.1) is 13.8 Å². The highest BCUT2D eigenvalue weighted by atomic mass is 32.2. The average molecular weight is 416 g/mol. The van der Waals surface area contributed by atoms with E-state index in [0.29, 0.717) is 22.7 Å². The molecule has 3 aromatic rings. The van der Waals surface area contributed by atoms with E-state index in [9.17, 15) is 4.79 Å². The number of nitrogens with zero attached hydrogens (tertiary/aromatic N) is 4. The van der Waals surface area contributed by atoms with Crippen LogP contribution in [-0.2, 0) is 17.9 Å². The number of nitrogens with one attached hydrogen (secondary N) is 1. The van der Waals surface area contributed by atoms with Crippen molar-refractivity contribution >= 4 is 34.1 Å². The lowest BCUT2D eigenvalue weighted by molar-refractivity contribution is -0.113. The summed E-state index contributed by atoms with van der Waals surface area (Å²) < 4.78 is 7.78. The number of anilines is 1. The van der Waals surface area contributed by atoms with E-state index in [1.807, 2.05) is 48.1 Å². The molecule has 2 heterocycles. The molecule has 3 rings (SSSR count). The van der Waals surface area contributed by atoms with Crippen molar-refractivity contribution in [1.82, 2.24) is 19.7 Å². The second kappa shape index (κ2) is 9.52. The number of rotatable bonds is 9. The molecule has 9 heteroatoms. The molecule has 0 radical (unpaired) electrons. The number of benzene rings is 1. The highest BCUT2D eigenvalue weighted by Crippen LogP contribution is 2.21. The third-order valence-electron chi connectivity index (χ3n) is 3.75. The van der Waals surface area contributed by atoms with Crippen LogP contribution in [0.2, 0.25) is 0 Å². The van der Waals surface area contributed by atoms with Gasteiger partial charge in [-0.1, -0.05) is 36.0 Å². The summed E-state index contributed by atoms with van der Waals surface area (Å²) in [4.78, 5) is 16.4. The van der Waals surface area contributed by atoms with Crippen LogP contribution in [0.25, 0.3) is 0 Å². The van der Waals surface area contributed by atoms with Gasteiger partial charge >= 0.3 is 0 Å². The fourth-order valence-corrected chi connectivity index (χ4v) is 3.87. The molecule has 1 N–H and O–H groups in total. The van der Waals surface area contributed by atoms with Gasteiger partial charge in [-0.05, 0) is 25.5 Å². The summed E-state index contributed by atoms with van der Waals surface area (Å²) in [6, 6.07) is 7.81. The zero-order chi connectivity index (χ0) is 19.9. The molecular formula is C19H21N5O2S2. The van der Waals surface area contributed by atoms with E-state index in [-0.39, 0.29) is 18.3 Å². The Kier molecular flexibility index (Phi) is 6.83. The maximum Gasteiger partial charge on any atom is 0.236 e. The number of amides is 1. The van der Waals surface area contributed by atoms with Crippen molar-refractivity contribution in [2.24, 2.45) is 0 Å². The summed E-state index contributed by atoms with van der Waals surface area (Å²) in [5.41, 5.74) is 1.94. The Morgan fingerprint density at radius 1 is 1.36 bits per heavy atom. The summed E-state index contributed by atoms with van der Waals surface area (Å²) >= 11 is 2.72. The van der Waals surface area contributed by atoms with Crippen molar-refractivity contribution in [1.29, 1.82) is 0 Å². The number of hydrogen-bond acceptors (Lipinski definition) is 7. The first-order valence-corrected chi connectivity index (χ1v) is 10.5. The second-order valence-electron chi connectivity index (χ2n) is 5.98. The van der Waals surface area contributed by atoms with Crippen molar-refractivity contribution in [3.63, 3.8) is 0 Å². The number of aromatic nitrogens is 4. The lowest BCUT2D eigenvalue weighted by Crippen LogP contribution is -2.15. The molecule has 0 saturated carbocycles. The number of allylic oxidation sites excluding steroid dienone is 1. The predicted octanol–water partition coefficient (Wildman–Crippen LogP) is 3.85. The Labute approximate surface area is 171 Å². The molecule has 0 saturated heterocycles. The Bertz CT molecular complexity index is 967. The molecule has 0 fully saturated rings. The lowest BCUT2D eigenvalue weighted by atomic mass is 10.2. The quantitative estimate of drug-likeness (QED) is 0.422. The van der Waals surface area contributed by atoms with Crippen LogP contribution in [0.1, 0.15) is 17.1 Å². The highest BCUT2D eigenvalue weighted by molar-refractivity contribution is 7.99. The second-order valence-corrected chi connectivity index (χ2v) is 7.78. The number of carbonyl (C=O) groups excluding carboxylic acids is 1. The molecule has 146 valence electrons. The smallest absolute Gasteiger partial charge is 0.236 e. The fourth-order valence-electron chi connectivity index (χ4n) is 2.40. The van der Waals surface area contributed by atoms with Gasteiger partial charge in [0.25, 0.3) is 0 Å². The first kappa shape index (κ1) is 20.1. The van der Waals surface area contributed by atoms with E-state index < -0.39 is 0 Å². The number of thioether (sulfide) groups is 1. The van der Waals surface area contributed by atoms with E-state index in [0.717, 1.165) is 17.0 Å². The molecule has 0 unspecified atom stereocenters. The SMILES string of the molecule is C=CCn1c(COc2ccccc2C)nnc1SCC(=O)Nc1nc(C)cs1. The van der Waals surface area contributed by atoms with E-state index in [4.69, 9.17) is 4.74 Å². The monoisotopic (exact) mass is 415 g/mol. The molecule has 1 aromatic carbocycles. The first-order chi connectivity index (χ1) is 13.6. The number of aryl methyl sites for hydroxylation is 2. The maximum absolute atomic E-state index is 12.2. The standard InChI is InChI=1S/C19H21N5O2S2/c1-4-9-24-16(10-26-15-8-6-5-7-13(15)2)22-23-19(24)28-12-17(25)21-18-20-14(3)11-27-18/h4-8,11H,1,9-10,12H2,2-3H3,(H,20,21,25). The molecule has 2 aromatic heterocycles. The molecule has 0 aliphatic carbocycles. The van der Waals surface area contributed by atoms with Gasteiger partial charge in [-0.15, -0.1) is 28.1 Å². The number of carbonyl (C=O) groups is 1. The van der Waals surface area contributed by atoms with Gasteiger partial charge in [-0.2, -0.15) is 0 Å². The zero-order valence-electron chi connectivity index (χ0n) is 15.7. The molecule has 0 bridgehead atoms. The number of thiazole rings is 1. The number of para-hydroxylation sites is 1. The normalized spacial score (nSPS) is 10.6. The van der Waals surface area contributed by atoms with Gasteiger partial charge in [0.1, 0.15) is 12.4 Å². The third kappa shape index (κ3) is 5.20. The minimum Gasteiger partial charge on any atom is -0.485 e. The predicted molar refractivity (Wildman–Crippen MR) is 112 cm³/mol. The molecule has 0 atom stereocenters. The van der Waals surface area contributed by atoms with Crippen LogP contribution >= 0.6 is 23.1 Å². The topological polar surface area (TPSA) is 81.9 Å². The molecule has 0 spiro atoms. The van der Waals surface area contributed by atoms with E-state index in [1.54, 1.807) is 6.08 Å². The highest BCUT2D eigenvalue weighted by Gasteiger charge is 2.15. The summed E-state index contributed by atoms with van der Waals surface area (Å²) in [7, 11) is 0. The molecule has 0 aliphatic heterocycles. The lowest BCUT2D eigenvalue weighted by Gasteiger charge is -2.10. The number of hydrogen-bond donors (Lipinski definition) is 1. The average Bonchev–Trinajstić information content (AvgIpc) is 3.26. The maximum atomic E-state index is 12.2. The Morgan fingerprint density at radius 3 is 2.89 bits per heavy atom. The fraction of sp³-hybridized carbons (Fsp3) is 0.263. The summed E-state index contributed by atoms with van der Waals surface area (Å²) in [6.07, 6.45) is 1.77. The molecular weight excluding hydrogens is 394 g/mol. The van der Waals surface area contributed by atoms with Gasteiger partial charge < -0.3 is 10.1 Å². The van der Waals surface area contributed by atoms with Crippen LogP contribution in [0.15, 0.2) is 47.5 Å². The largest absolute Gasteiger partial charge is 0.485 e. The minimum absolute atomic E-state index is 0.134. The summed E-state index contributed by atoms with van der Waals surface area (Å²) in [5, 5.41) is 14.4. The third-order valence-corrected chi connectivity index (χ3v) is 5.60. The van der Waals surface area contributed by atoms with E-state index in [2.05, 4.69) is 27.1 Å². The number of ether oxygens (including phenoxy) is 1. The molecule has 0 aliphatic rings. The Balaban J connectivity index is 1.62. The van der Waals surface area contributed by atoms with Crippen LogP contribution in [0.4, 0.5) is 5.13 Å². The zero-order valence-corrected chi connectivity index (χ0v) is 17.3. The minimum atomic E-state index is -0.134. The van der Waals surface area contributed by atoms with Crippen molar-refractivity contribution in [2.75, 3.05) is 11.1 Å². The van der Waals surface area contributed by atoms with E-state index >= 15 is 0 Å². The van der Waals surface area contributed by atoms with Gasteiger partial charge in [0.2, 0.25) is 5.91 Å². The van der Waals surface area contributed by atoms with Crippen LogP contribution in [0.5, 0.6) is 5.75 Å². The van der Waals surface area contributed by atoms with E-state index in [1.165, 1.54) is 23.1 Å². The van der Waals surface area contributed by atoms with Gasteiger partial charge in [0.05, 0.1) is 11.4 Å². The van der Waals surface area contributed by atoms with Gasteiger partial charge in [-0.3, -0.25) is 9.36 Å². The molecule has 28 heavy (non-hydrogen) atoms. The summed E-state index contributed by atoms with van der Waals surface area (Å²) in [5.74, 6) is 1.57. The van der Waals surface area contributed by atoms with Gasteiger partial charge in [-0.25, -0.2) is 4.98 Å². The first-order valence-electron chi connectivity index (χ1n) is 8.63. The molecule has 1 amide bonds. The summed E-state index contributed by atoms with van der Waals surface area (Å²) in [6.45, 7) is 8.50. The molecule has 7 nitrogen and oxygen atoms in total. The van der Waals surface area contributed by atoms with Crippen molar-refractivity contribution in [3.05, 3.63) is 59.4 Å². The van der Waals surface area contributed by atoms with Gasteiger partial charge in [0.15, 0.2) is 16.1 Å². The van der Waals surface area contributed by atoms with Crippen LogP contribution in [-0.4, -0.2) is 31.4 Å². The van der Waals surface area contributed by atoms with Crippen molar-refractivity contribution < 1.29 is 9.53 Å². The van der Waals surface area contributed by atoms with Crippen molar-refractivity contribution in [2.45, 2.75) is 32.2 Å². The van der Waals surface area contributed by atoms with Crippen molar-refractivity contribution in [3.8, 4) is 5.75 Å². The van der Waals surface area contributed by atoms with Gasteiger partial charge in [0, 0.05) is 11.9 Å².